The molecule has 0 aromatic carbocycles. The summed E-state index contributed by atoms with van der Waals surface area (Å²) < 4.78 is 0. The van der Waals surface area contributed by atoms with Crippen molar-refractivity contribution in [2.75, 3.05) is 6.54 Å². The zero-order chi connectivity index (χ0) is 13.4. The van der Waals surface area contributed by atoms with Crippen molar-refractivity contribution in [2.45, 2.75) is 32.7 Å². The first-order valence-electron chi connectivity index (χ1n) is 5.72. The summed E-state index contributed by atoms with van der Waals surface area (Å²) in [7, 11) is 0. The highest BCUT2D eigenvalue weighted by molar-refractivity contribution is 7.09. The molecular formula is C11H17N3O3S. The molecular weight excluding hydrogens is 254 g/mol. The van der Waals surface area contributed by atoms with Gasteiger partial charge in [-0.1, -0.05) is 0 Å². The summed E-state index contributed by atoms with van der Waals surface area (Å²) in [5.74, 6) is -0.807. The zero-order valence-electron chi connectivity index (χ0n) is 10.2. The Morgan fingerprint density at radius 1 is 1.39 bits per heavy atom. The Balaban J connectivity index is 2.05. The number of carbonyl (C=O) groups excluding carboxylic acids is 1. The van der Waals surface area contributed by atoms with Crippen molar-refractivity contribution in [1.82, 2.24) is 15.6 Å². The molecule has 0 aliphatic rings. The van der Waals surface area contributed by atoms with E-state index in [0.29, 0.717) is 25.9 Å². The van der Waals surface area contributed by atoms with Crippen LogP contribution in [0.3, 0.4) is 0 Å². The number of carboxylic acids is 1. The van der Waals surface area contributed by atoms with E-state index in [9.17, 15) is 9.59 Å². The molecule has 0 atom stereocenters. The molecule has 1 heterocycles. The van der Waals surface area contributed by atoms with Gasteiger partial charge < -0.3 is 15.7 Å². The third-order valence-electron chi connectivity index (χ3n) is 2.20. The average molecular weight is 271 g/mol. The molecule has 7 heteroatoms. The molecule has 0 spiro atoms. The molecule has 3 N–H and O–H groups in total. The lowest BCUT2D eigenvalue weighted by molar-refractivity contribution is -0.137. The van der Waals surface area contributed by atoms with Crippen LogP contribution in [0.5, 0.6) is 0 Å². The molecule has 1 aromatic heterocycles. The standard InChI is InChI=1S/C11H17N3O3S/c1-8-14-9(7-18-8)6-13-11(17)12-5-3-2-4-10(15)16/h7H,2-6H2,1H3,(H,15,16)(H2,12,13,17). The highest BCUT2D eigenvalue weighted by Crippen LogP contribution is 2.06. The number of aryl methyl sites for hydroxylation is 1. The molecule has 0 saturated heterocycles. The minimum atomic E-state index is -0.807. The van der Waals surface area contributed by atoms with Crippen molar-refractivity contribution in [3.8, 4) is 0 Å². The van der Waals surface area contributed by atoms with Gasteiger partial charge in [0, 0.05) is 18.3 Å². The maximum Gasteiger partial charge on any atom is 0.315 e. The Labute approximate surface area is 109 Å². The predicted octanol–water partition coefficient (Wildman–Crippen LogP) is 1.51. The fourth-order valence-electron chi connectivity index (χ4n) is 1.33. The number of nitrogens with one attached hydrogen (secondary N) is 2. The van der Waals surface area contributed by atoms with E-state index in [4.69, 9.17) is 5.11 Å². The number of amides is 2. The van der Waals surface area contributed by atoms with Gasteiger partial charge in [0.05, 0.1) is 17.2 Å². The van der Waals surface area contributed by atoms with Gasteiger partial charge in [0.1, 0.15) is 0 Å². The second kappa shape index (κ2) is 7.65. The summed E-state index contributed by atoms with van der Waals surface area (Å²) in [4.78, 5) is 25.8. The number of urea groups is 1. The number of unbranched alkanes of at least 4 members (excludes halogenated alkanes) is 1. The van der Waals surface area contributed by atoms with E-state index >= 15 is 0 Å². The first kappa shape index (κ1) is 14.4. The van der Waals surface area contributed by atoms with Gasteiger partial charge in [0.15, 0.2) is 0 Å². The Bertz CT molecular complexity index is 406. The highest BCUT2D eigenvalue weighted by atomic mass is 32.1. The topological polar surface area (TPSA) is 91.3 Å². The van der Waals surface area contributed by atoms with Gasteiger partial charge in [-0.3, -0.25) is 4.79 Å². The van der Waals surface area contributed by atoms with Crippen molar-refractivity contribution >= 4 is 23.3 Å². The van der Waals surface area contributed by atoms with Crippen molar-refractivity contribution in [2.24, 2.45) is 0 Å². The van der Waals surface area contributed by atoms with Gasteiger partial charge in [0.2, 0.25) is 0 Å². The molecule has 100 valence electrons. The minimum absolute atomic E-state index is 0.140. The second-order valence-corrected chi connectivity index (χ2v) is 4.88. The first-order chi connectivity index (χ1) is 8.58. The van der Waals surface area contributed by atoms with Crippen molar-refractivity contribution in [3.63, 3.8) is 0 Å². The Kier molecular flexibility index (Phi) is 6.13. The van der Waals surface area contributed by atoms with Crippen LogP contribution in [0.4, 0.5) is 4.79 Å². The molecule has 0 fully saturated rings. The van der Waals surface area contributed by atoms with E-state index in [2.05, 4.69) is 15.6 Å². The number of hydrogen-bond donors (Lipinski definition) is 3. The van der Waals surface area contributed by atoms with Crippen LogP contribution in [0.25, 0.3) is 0 Å². The average Bonchev–Trinajstić information content (AvgIpc) is 2.71. The van der Waals surface area contributed by atoms with Crippen LogP contribution in [-0.4, -0.2) is 28.6 Å². The number of thiazole rings is 1. The van der Waals surface area contributed by atoms with E-state index in [0.717, 1.165) is 10.7 Å². The minimum Gasteiger partial charge on any atom is -0.481 e. The Morgan fingerprint density at radius 2 is 2.17 bits per heavy atom. The summed E-state index contributed by atoms with van der Waals surface area (Å²) >= 11 is 1.54. The van der Waals surface area contributed by atoms with Gasteiger partial charge in [-0.05, 0) is 19.8 Å². The predicted molar refractivity (Wildman–Crippen MR) is 68.6 cm³/mol. The zero-order valence-corrected chi connectivity index (χ0v) is 11.0. The smallest absolute Gasteiger partial charge is 0.315 e. The quantitative estimate of drug-likeness (QED) is 0.655. The van der Waals surface area contributed by atoms with E-state index in [1.165, 1.54) is 0 Å². The maximum absolute atomic E-state index is 11.4. The molecule has 0 bridgehead atoms. The summed E-state index contributed by atoms with van der Waals surface area (Å²) in [6, 6.07) is -0.254. The van der Waals surface area contributed by atoms with Crippen molar-refractivity contribution < 1.29 is 14.7 Å². The van der Waals surface area contributed by atoms with E-state index in [-0.39, 0.29) is 12.5 Å². The number of carbonyl (C=O) groups is 2. The molecule has 2 amide bonds. The first-order valence-corrected chi connectivity index (χ1v) is 6.60. The van der Waals surface area contributed by atoms with Gasteiger partial charge in [-0.15, -0.1) is 11.3 Å². The highest BCUT2D eigenvalue weighted by Gasteiger charge is 2.02. The third-order valence-corrected chi connectivity index (χ3v) is 3.02. The number of rotatable bonds is 7. The van der Waals surface area contributed by atoms with Crippen LogP contribution in [0.15, 0.2) is 5.38 Å². The lowest BCUT2D eigenvalue weighted by atomic mass is 10.2. The van der Waals surface area contributed by atoms with E-state index < -0.39 is 5.97 Å². The van der Waals surface area contributed by atoms with Crippen LogP contribution in [0.2, 0.25) is 0 Å². The molecule has 0 aliphatic heterocycles. The monoisotopic (exact) mass is 271 g/mol. The maximum atomic E-state index is 11.4. The normalized spacial score (nSPS) is 10.1. The van der Waals surface area contributed by atoms with Crippen molar-refractivity contribution in [1.29, 1.82) is 0 Å². The second-order valence-electron chi connectivity index (χ2n) is 3.82. The molecule has 0 radical (unpaired) electrons. The molecule has 1 aromatic rings. The van der Waals surface area contributed by atoms with E-state index in [1.807, 2.05) is 12.3 Å². The van der Waals surface area contributed by atoms with Gasteiger partial charge in [-0.25, -0.2) is 9.78 Å². The van der Waals surface area contributed by atoms with Crippen LogP contribution >= 0.6 is 11.3 Å². The van der Waals surface area contributed by atoms with Crippen LogP contribution in [0, 0.1) is 6.92 Å². The number of carboxylic acid groups (broad SMARTS) is 1. The lowest BCUT2D eigenvalue weighted by Gasteiger charge is -2.05. The molecule has 6 nitrogen and oxygen atoms in total. The molecule has 0 saturated carbocycles. The fraction of sp³-hybridized carbons (Fsp3) is 0.545. The third kappa shape index (κ3) is 6.19. The van der Waals surface area contributed by atoms with Gasteiger partial charge in [-0.2, -0.15) is 0 Å². The summed E-state index contributed by atoms with van der Waals surface area (Å²) in [5.41, 5.74) is 0.846. The summed E-state index contributed by atoms with van der Waals surface area (Å²) in [6.07, 6.45) is 1.37. The Hall–Kier alpha value is -1.63. The lowest BCUT2D eigenvalue weighted by Crippen LogP contribution is -2.35. The van der Waals surface area contributed by atoms with Crippen molar-refractivity contribution in [3.05, 3.63) is 16.1 Å². The van der Waals surface area contributed by atoms with Crippen LogP contribution in [-0.2, 0) is 11.3 Å². The molecule has 18 heavy (non-hydrogen) atoms. The molecule has 1 rings (SSSR count). The summed E-state index contributed by atoms with van der Waals surface area (Å²) in [5, 5.41) is 16.7. The SMILES string of the molecule is Cc1nc(CNC(=O)NCCCCC(=O)O)cs1. The number of aliphatic carboxylic acids is 1. The van der Waals surface area contributed by atoms with Crippen LogP contribution < -0.4 is 10.6 Å². The fourth-order valence-corrected chi connectivity index (χ4v) is 1.94. The molecule has 0 unspecified atom stereocenters. The Morgan fingerprint density at radius 3 is 2.78 bits per heavy atom. The van der Waals surface area contributed by atoms with Crippen LogP contribution in [0.1, 0.15) is 30.0 Å². The summed E-state index contributed by atoms with van der Waals surface area (Å²) in [6.45, 7) is 2.80. The van der Waals surface area contributed by atoms with Gasteiger partial charge in [0.25, 0.3) is 0 Å². The van der Waals surface area contributed by atoms with Gasteiger partial charge >= 0.3 is 12.0 Å². The number of aromatic nitrogens is 1. The largest absolute Gasteiger partial charge is 0.481 e. The van der Waals surface area contributed by atoms with E-state index in [1.54, 1.807) is 11.3 Å². The molecule has 0 aliphatic carbocycles. The number of hydrogen-bond acceptors (Lipinski definition) is 4. The number of nitrogens with zero attached hydrogens (tertiary/aromatic N) is 1.